The Kier molecular flexibility index (Phi) is 5.90. The molecule has 138 valence electrons. The number of fused-ring (bicyclic) bond motifs is 1. The van der Waals surface area contributed by atoms with E-state index in [-0.39, 0.29) is 5.91 Å². The first-order valence-corrected chi connectivity index (χ1v) is 9.81. The van der Waals surface area contributed by atoms with Crippen molar-refractivity contribution in [2.75, 3.05) is 31.1 Å². The minimum Gasteiger partial charge on any atom is -0.302 e. The van der Waals surface area contributed by atoms with Crippen LogP contribution in [0.25, 0.3) is 10.2 Å². The molecule has 0 aliphatic rings. The van der Waals surface area contributed by atoms with Crippen LogP contribution in [0.15, 0.2) is 30.5 Å². The molecule has 0 spiro atoms. The van der Waals surface area contributed by atoms with Gasteiger partial charge in [-0.05, 0) is 31.3 Å². The van der Waals surface area contributed by atoms with Crippen LogP contribution in [0.4, 0.5) is 5.13 Å². The third kappa shape index (κ3) is 3.75. The SMILES string of the molecule is CCN(CC)CCN(C(=O)c1ccnn1C)c1nc2c(Cl)cccc2s1. The highest BCUT2D eigenvalue weighted by atomic mass is 35.5. The predicted molar refractivity (Wildman–Crippen MR) is 107 cm³/mol. The van der Waals surface area contributed by atoms with Gasteiger partial charge in [-0.15, -0.1) is 0 Å². The summed E-state index contributed by atoms with van der Waals surface area (Å²) in [6, 6.07) is 7.42. The molecule has 0 saturated heterocycles. The van der Waals surface area contributed by atoms with Gasteiger partial charge in [-0.2, -0.15) is 5.10 Å². The summed E-state index contributed by atoms with van der Waals surface area (Å²) in [5.41, 5.74) is 1.27. The molecule has 3 rings (SSSR count). The second-order valence-corrected chi connectivity index (χ2v) is 7.32. The van der Waals surface area contributed by atoms with Crippen molar-refractivity contribution in [2.45, 2.75) is 13.8 Å². The maximum absolute atomic E-state index is 13.2. The van der Waals surface area contributed by atoms with Gasteiger partial charge in [0, 0.05) is 26.3 Å². The Morgan fingerprint density at radius 2 is 2.00 bits per heavy atom. The van der Waals surface area contributed by atoms with Crippen molar-refractivity contribution < 1.29 is 4.79 Å². The summed E-state index contributed by atoms with van der Waals surface area (Å²) in [4.78, 5) is 21.8. The molecule has 1 aromatic carbocycles. The van der Waals surface area contributed by atoms with Gasteiger partial charge in [0.2, 0.25) is 0 Å². The lowest BCUT2D eigenvalue weighted by atomic mass is 10.3. The van der Waals surface area contributed by atoms with Crippen molar-refractivity contribution >= 4 is 44.2 Å². The maximum atomic E-state index is 13.2. The van der Waals surface area contributed by atoms with Gasteiger partial charge in [0.25, 0.3) is 5.91 Å². The molecule has 26 heavy (non-hydrogen) atoms. The van der Waals surface area contributed by atoms with Gasteiger partial charge in [-0.1, -0.05) is 42.9 Å². The second-order valence-electron chi connectivity index (χ2n) is 5.91. The fourth-order valence-corrected chi connectivity index (χ4v) is 4.10. The summed E-state index contributed by atoms with van der Waals surface area (Å²) in [6.07, 6.45) is 1.63. The van der Waals surface area contributed by atoms with E-state index in [1.54, 1.807) is 28.9 Å². The van der Waals surface area contributed by atoms with Gasteiger partial charge in [0.15, 0.2) is 5.13 Å². The third-order valence-electron chi connectivity index (χ3n) is 4.41. The van der Waals surface area contributed by atoms with Crippen LogP contribution in [0.5, 0.6) is 0 Å². The van der Waals surface area contributed by atoms with Crippen molar-refractivity contribution in [3.05, 3.63) is 41.2 Å². The summed E-state index contributed by atoms with van der Waals surface area (Å²) in [5, 5.41) is 5.38. The summed E-state index contributed by atoms with van der Waals surface area (Å²) in [6.45, 7) is 7.46. The average molecular weight is 392 g/mol. The Labute approximate surface area is 162 Å². The molecule has 6 nitrogen and oxygen atoms in total. The molecule has 2 heterocycles. The van der Waals surface area contributed by atoms with Crippen molar-refractivity contribution in [3.8, 4) is 0 Å². The summed E-state index contributed by atoms with van der Waals surface area (Å²) >= 11 is 7.75. The predicted octanol–water partition coefficient (Wildman–Crippen LogP) is 3.67. The molecule has 0 unspecified atom stereocenters. The largest absolute Gasteiger partial charge is 0.302 e. The number of anilines is 1. The van der Waals surface area contributed by atoms with Crippen LogP contribution in [0.1, 0.15) is 24.3 Å². The quantitative estimate of drug-likeness (QED) is 0.616. The fraction of sp³-hybridized carbons (Fsp3) is 0.389. The summed E-state index contributed by atoms with van der Waals surface area (Å²) < 4.78 is 2.56. The first-order chi connectivity index (χ1) is 12.5. The number of hydrogen-bond donors (Lipinski definition) is 0. The van der Waals surface area contributed by atoms with Gasteiger partial charge in [0.05, 0.1) is 9.72 Å². The summed E-state index contributed by atoms with van der Waals surface area (Å²) in [5.74, 6) is -0.104. The Bertz CT molecular complexity index is 902. The number of aryl methyl sites for hydroxylation is 1. The van der Waals surface area contributed by atoms with E-state index in [0.717, 1.165) is 29.9 Å². The number of amides is 1. The van der Waals surface area contributed by atoms with E-state index in [1.165, 1.54) is 11.3 Å². The molecule has 1 amide bonds. The number of carbonyl (C=O) groups is 1. The smallest absolute Gasteiger partial charge is 0.278 e. The molecule has 3 aromatic rings. The van der Waals surface area contributed by atoms with Crippen LogP contribution in [-0.4, -0.2) is 51.8 Å². The minimum absolute atomic E-state index is 0.104. The van der Waals surface area contributed by atoms with E-state index in [2.05, 4.69) is 28.8 Å². The first-order valence-electron chi connectivity index (χ1n) is 8.62. The van der Waals surface area contributed by atoms with Crippen LogP contribution in [-0.2, 0) is 7.05 Å². The fourth-order valence-electron chi connectivity index (χ4n) is 2.81. The number of carbonyl (C=O) groups excluding carboxylic acids is 1. The summed E-state index contributed by atoms with van der Waals surface area (Å²) in [7, 11) is 1.77. The maximum Gasteiger partial charge on any atom is 0.278 e. The number of thiazole rings is 1. The van der Waals surface area contributed by atoms with Crippen molar-refractivity contribution in [2.24, 2.45) is 7.05 Å². The number of rotatable bonds is 7. The van der Waals surface area contributed by atoms with Crippen molar-refractivity contribution in [3.63, 3.8) is 0 Å². The Hall–Kier alpha value is -1.96. The monoisotopic (exact) mass is 391 g/mol. The number of halogens is 1. The highest BCUT2D eigenvalue weighted by Gasteiger charge is 2.24. The molecule has 0 fully saturated rings. The number of para-hydroxylation sites is 1. The number of aromatic nitrogens is 3. The van der Waals surface area contributed by atoms with E-state index >= 15 is 0 Å². The van der Waals surface area contributed by atoms with E-state index in [0.29, 0.717) is 22.4 Å². The Morgan fingerprint density at radius 1 is 1.23 bits per heavy atom. The zero-order valence-electron chi connectivity index (χ0n) is 15.1. The normalized spacial score (nSPS) is 11.4. The molecule has 0 bridgehead atoms. The van der Waals surface area contributed by atoms with Gasteiger partial charge in [-0.25, -0.2) is 4.98 Å². The molecule has 0 aliphatic carbocycles. The van der Waals surface area contributed by atoms with Crippen molar-refractivity contribution in [1.29, 1.82) is 0 Å². The molecule has 0 saturated carbocycles. The van der Waals surface area contributed by atoms with Gasteiger partial charge >= 0.3 is 0 Å². The second kappa shape index (κ2) is 8.16. The van der Waals surface area contributed by atoms with Crippen LogP contribution in [0, 0.1) is 0 Å². The zero-order valence-corrected chi connectivity index (χ0v) is 16.7. The molecule has 0 atom stereocenters. The van der Waals surface area contributed by atoms with Crippen LogP contribution in [0.3, 0.4) is 0 Å². The number of hydrogen-bond acceptors (Lipinski definition) is 5. The topological polar surface area (TPSA) is 54.3 Å². The lowest BCUT2D eigenvalue weighted by Gasteiger charge is -2.24. The van der Waals surface area contributed by atoms with Crippen LogP contribution in [0.2, 0.25) is 5.02 Å². The lowest BCUT2D eigenvalue weighted by molar-refractivity contribution is 0.0974. The minimum atomic E-state index is -0.104. The van der Waals surface area contributed by atoms with Gasteiger partial charge in [-0.3, -0.25) is 14.4 Å². The number of benzene rings is 1. The zero-order chi connectivity index (χ0) is 18.7. The van der Waals surface area contributed by atoms with E-state index in [1.807, 2.05) is 18.2 Å². The van der Waals surface area contributed by atoms with Gasteiger partial charge < -0.3 is 4.90 Å². The van der Waals surface area contributed by atoms with Crippen molar-refractivity contribution in [1.82, 2.24) is 19.7 Å². The molecule has 2 aromatic heterocycles. The first kappa shape index (κ1) is 18.8. The molecule has 8 heteroatoms. The van der Waals surface area contributed by atoms with Crippen LogP contribution < -0.4 is 4.90 Å². The molecular weight excluding hydrogens is 370 g/mol. The molecule has 0 N–H and O–H groups in total. The third-order valence-corrected chi connectivity index (χ3v) is 5.76. The lowest BCUT2D eigenvalue weighted by Crippen LogP contribution is -2.39. The number of nitrogens with zero attached hydrogens (tertiary/aromatic N) is 5. The Morgan fingerprint density at radius 3 is 2.62 bits per heavy atom. The molecule has 0 radical (unpaired) electrons. The Balaban J connectivity index is 1.97. The molecule has 0 aliphatic heterocycles. The van der Waals surface area contributed by atoms with E-state index in [9.17, 15) is 4.79 Å². The average Bonchev–Trinajstić information content (AvgIpc) is 3.25. The highest BCUT2D eigenvalue weighted by molar-refractivity contribution is 7.22. The standard InChI is InChI=1S/C18H22ClN5OS/c1-4-23(5-2)11-12-24(17(25)14-9-10-20-22(14)3)18-21-16-13(19)7-6-8-15(16)26-18/h6-10H,4-5,11-12H2,1-3H3. The number of likely N-dealkylation sites (N-methyl/N-ethyl adjacent to an activating group) is 1. The van der Waals surface area contributed by atoms with Crippen LogP contribution >= 0.6 is 22.9 Å². The van der Waals surface area contributed by atoms with Gasteiger partial charge in [0.1, 0.15) is 11.2 Å². The highest BCUT2D eigenvalue weighted by Crippen LogP contribution is 2.33. The molecular formula is C18H22ClN5OS. The van der Waals surface area contributed by atoms with E-state index in [4.69, 9.17) is 11.6 Å². The van der Waals surface area contributed by atoms with E-state index < -0.39 is 0 Å².